The van der Waals surface area contributed by atoms with Gasteiger partial charge in [-0.15, -0.1) is 0 Å². The highest BCUT2D eigenvalue weighted by Gasteiger charge is 2.19. The van der Waals surface area contributed by atoms with Crippen LogP contribution < -0.4 is 0 Å². The maximum absolute atomic E-state index is 11.8. The summed E-state index contributed by atoms with van der Waals surface area (Å²) >= 11 is 0. The monoisotopic (exact) mass is 437 g/mol. The van der Waals surface area contributed by atoms with Gasteiger partial charge in [-0.3, -0.25) is 9.78 Å². The van der Waals surface area contributed by atoms with Crippen molar-refractivity contribution in [1.29, 1.82) is 0 Å². The van der Waals surface area contributed by atoms with Gasteiger partial charge in [0.1, 0.15) is 0 Å². The van der Waals surface area contributed by atoms with Crippen molar-refractivity contribution in [2.24, 2.45) is 0 Å². The van der Waals surface area contributed by atoms with E-state index in [-0.39, 0.29) is 0 Å². The highest BCUT2D eigenvalue weighted by atomic mass is 16.4. The molecule has 1 N–H and O–H groups in total. The topological polar surface area (TPSA) is 50.2 Å². The predicted molar refractivity (Wildman–Crippen MR) is 135 cm³/mol. The molecule has 2 rings (SSSR count). The van der Waals surface area contributed by atoms with E-state index in [2.05, 4.69) is 31.0 Å². The summed E-state index contributed by atoms with van der Waals surface area (Å²) in [5, 5.41) is 9.72. The minimum Gasteiger partial charge on any atom is -0.481 e. The average Bonchev–Trinajstić information content (AvgIpc) is 2.81. The van der Waals surface area contributed by atoms with E-state index in [1.807, 2.05) is 30.5 Å². The van der Waals surface area contributed by atoms with Crippen molar-refractivity contribution in [1.82, 2.24) is 4.98 Å². The molecular weight excluding hydrogens is 394 g/mol. The quantitative estimate of drug-likeness (QED) is 0.252. The van der Waals surface area contributed by atoms with Crippen LogP contribution in [0.25, 0.3) is 11.3 Å². The van der Waals surface area contributed by atoms with Crippen LogP contribution in [0.4, 0.5) is 0 Å². The second-order valence-electron chi connectivity index (χ2n) is 9.14. The second-order valence-corrected chi connectivity index (χ2v) is 9.14. The highest BCUT2D eigenvalue weighted by Crippen LogP contribution is 2.26. The summed E-state index contributed by atoms with van der Waals surface area (Å²) in [6.45, 7) is 4.47. The van der Waals surface area contributed by atoms with Gasteiger partial charge in [0, 0.05) is 11.8 Å². The first kappa shape index (κ1) is 26.1. The molecule has 3 heteroatoms. The van der Waals surface area contributed by atoms with Crippen LogP contribution in [-0.4, -0.2) is 16.1 Å². The van der Waals surface area contributed by atoms with Crippen LogP contribution in [0.1, 0.15) is 114 Å². The molecule has 0 radical (unpaired) electrons. The predicted octanol–water partition coefficient (Wildman–Crippen LogP) is 8.57. The van der Waals surface area contributed by atoms with Crippen LogP contribution in [0.5, 0.6) is 0 Å². The molecule has 0 bridgehead atoms. The van der Waals surface area contributed by atoms with Crippen LogP contribution in [0, 0.1) is 0 Å². The number of carboxylic acid groups (broad SMARTS) is 1. The molecule has 0 fully saturated rings. The van der Waals surface area contributed by atoms with Crippen LogP contribution in [-0.2, 0) is 11.2 Å². The van der Waals surface area contributed by atoms with E-state index in [9.17, 15) is 9.90 Å². The van der Waals surface area contributed by atoms with Crippen LogP contribution in [0.15, 0.2) is 42.6 Å². The summed E-state index contributed by atoms with van der Waals surface area (Å²) in [6.07, 6.45) is 18.7. The van der Waals surface area contributed by atoms with Crippen LogP contribution >= 0.6 is 0 Å². The Morgan fingerprint density at radius 2 is 1.38 bits per heavy atom. The average molecular weight is 438 g/mol. The number of aromatic nitrogens is 1. The van der Waals surface area contributed by atoms with Gasteiger partial charge in [-0.25, -0.2) is 0 Å². The molecule has 1 unspecified atom stereocenters. The molecule has 1 heterocycles. The van der Waals surface area contributed by atoms with Gasteiger partial charge >= 0.3 is 5.97 Å². The van der Waals surface area contributed by atoms with E-state index >= 15 is 0 Å². The molecule has 0 saturated heterocycles. The Balaban J connectivity index is 1.85. The molecule has 2 aromatic rings. The number of nitrogens with zero attached hydrogens (tertiary/aromatic N) is 1. The lowest BCUT2D eigenvalue weighted by molar-refractivity contribution is -0.139. The number of hydrogen-bond acceptors (Lipinski definition) is 2. The minimum absolute atomic E-state index is 0.414. The van der Waals surface area contributed by atoms with Gasteiger partial charge in [-0.1, -0.05) is 115 Å². The summed E-state index contributed by atoms with van der Waals surface area (Å²) in [6, 6.07) is 12.2. The molecule has 32 heavy (non-hydrogen) atoms. The molecule has 176 valence electrons. The minimum atomic E-state index is -0.717. The number of rotatable bonds is 17. The maximum atomic E-state index is 11.8. The van der Waals surface area contributed by atoms with Gasteiger partial charge in [0.15, 0.2) is 0 Å². The number of unbranched alkanes of at least 4 members (excludes halogenated alkanes) is 10. The first-order chi connectivity index (χ1) is 15.7. The SMILES string of the molecule is CCCCCCCCCC(C(=O)O)c1ccc(-c2ccc(CCCCCCC)cn2)cc1. The second kappa shape index (κ2) is 15.6. The maximum Gasteiger partial charge on any atom is 0.310 e. The summed E-state index contributed by atoms with van der Waals surface area (Å²) < 4.78 is 0. The molecule has 0 aliphatic carbocycles. The zero-order valence-electron chi connectivity index (χ0n) is 20.3. The van der Waals surface area contributed by atoms with Crippen molar-refractivity contribution in [3.05, 3.63) is 53.7 Å². The molecule has 1 aromatic heterocycles. The number of carboxylic acids is 1. The molecule has 0 aliphatic rings. The first-order valence-electron chi connectivity index (χ1n) is 12.9. The van der Waals surface area contributed by atoms with Crippen molar-refractivity contribution < 1.29 is 9.90 Å². The fraction of sp³-hybridized carbons (Fsp3) is 0.586. The highest BCUT2D eigenvalue weighted by molar-refractivity contribution is 5.76. The largest absolute Gasteiger partial charge is 0.481 e. The van der Waals surface area contributed by atoms with Crippen molar-refractivity contribution in [2.45, 2.75) is 110 Å². The number of aliphatic carboxylic acids is 1. The van der Waals surface area contributed by atoms with E-state index in [0.29, 0.717) is 6.42 Å². The molecular formula is C29H43NO2. The summed E-state index contributed by atoms with van der Waals surface area (Å²) in [5.74, 6) is -1.13. The third-order valence-electron chi connectivity index (χ3n) is 6.40. The van der Waals surface area contributed by atoms with E-state index in [4.69, 9.17) is 0 Å². The lowest BCUT2D eigenvalue weighted by Gasteiger charge is -2.13. The Labute approximate surface area is 195 Å². The van der Waals surface area contributed by atoms with Gasteiger partial charge in [0.05, 0.1) is 11.6 Å². The molecule has 3 nitrogen and oxygen atoms in total. The number of carbonyl (C=O) groups is 1. The van der Waals surface area contributed by atoms with E-state index < -0.39 is 11.9 Å². The Bertz CT molecular complexity index is 752. The standard InChI is InChI=1S/C29H43NO2/c1-3-5-7-9-10-12-14-16-27(29(31)32)25-18-20-26(21-19-25)28-22-17-24(23-30-28)15-13-11-8-6-4-2/h17-23,27H,3-16H2,1-2H3,(H,31,32). The first-order valence-corrected chi connectivity index (χ1v) is 12.9. The van der Waals surface area contributed by atoms with E-state index in [1.165, 1.54) is 69.8 Å². The number of hydrogen-bond donors (Lipinski definition) is 1. The number of benzene rings is 1. The van der Waals surface area contributed by atoms with Crippen molar-refractivity contribution in [3.8, 4) is 11.3 Å². The van der Waals surface area contributed by atoms with Crippen molar-refractivity contribution in [2.75, 3.05) is 0 Å². The van der Waals surface area contributed by atoms with Gasteiger partial charge < -0.3 is 5.11 Å². The Hall–Kier alpha value is -2.16. The van der Waals surface area contributed by atoms with E-state index in [0.717, 1.165) is 36.1 Å². The van der Waals surface area contributed by atoms with Crippen molar-refractivity contribution >= 4 is 5.97 Å². The molecule has 0 amide bonds. The van der Waals surface area contributed by atoms with Gasteiger partial charge in [0.25, 0.3) is 0 Å². The summed E-state index contributed by atoms with van der Waals surface area (Å²) in [5.41, 5.74) is 4.19. The smallest absolute Gasteiger partial charge is 0.310 e. The van der Waals surface area contributed by atoms with Gasteiger partial charge in [-0.05, 0) is 36.5 Å². The molecule has 0 aliphatic heterocycles. The van der Waals surface area contributed by atoms with Gasteiger partial charge in [-0.2, -0.15) is 0 Å². The van der Waals surface area contributed by atoms with Gasteiger partial charge in [0.2, 0.25) is 0 Å². The van der Waals surface area contributed by atoms with Crippen LogP contribution in [0.2, 0.25) is 0 Å². The van der Waals surface area contributed by atoms with E-state index in [1.54, 1.807) is 0 Å². The summed E-state index contributed by atoms with van der Waals surface area (Å²) in [4.78, 5) is 16.5. The normalized spacial score (nSPS) is 12.1. The molecule has 1 atom stereocenters. The lowest BCUT2D eigenvalue weighted by Crippen LogP contribution is -2.11. The summed E-state index contributed by atoms with van der Waals surface area (Å²) in [7, 11) is 0. The number of aryl methyl sites for hydroxylation is 1. The number of pyridine rings is 1. The third kappa shape index (κ3) is 9.54. The fourth-order valence-electron chi connectivity index (χ4n) is 4.30. The zero-order valence-corrected chi connectivity index (χ0v) is 20.3. The molecule has 1 aromatic carbocycles. The molecule has 0 spiro atoms. The Morgan fingerprint density at radius 3 is 1.94 bits per heavy atom. The Kier molecular flexibility index (Phi) is 12.7. The lowest BCUT2D eigenvalue weighted by atomic mass is 9.92. The van der Waals surface area contributed by atoms with Crippen molar-refractivity contribution in [3.63, 3.8) is 0 Å². The van der Waals surface area contributed by atoms with Crippen LogP contribution in [0.3, 0.4) is 0 Å². The Morgan fingerprint density at radius 1 is 0.781 bits per heavy atom. The third-order valence-corrected chi connectivity index (χ3v) is 6.40. The molecule has 0 saturated carbocycles. The zero-order chi connectivity index (χ0) is 23.0. The fourth-order valence-corrected chi connectivity index (χ4v) is 4.30.